The standard InChI is InChI=1S/C19H19NO4/c1-23-17-5-3-2-4-15(17)12-24-19(22)14-8-10-16(11-9-14)20-18(21)13-6-7-13/h2-5,8-11,13H,6-7,12H2,1H3,(H,20,21). The second kappa shape index (κ2) is 7.17. The van der Waals surface area contributed by atoms with Crippen molar-refractivity contribution in [3.63, 3.8) is 0 Å². The molecule has 2 aromatic carbocycles. The van der Waals surface area contributed by atoms with E-state index >= 15 is 0 Å². The zero-order chi connectivity index (χ0) is 16.9. The van der Waals surface area contributed by atoms with Gasteiger partial charge in [0.05, 0.1) is 12.7 Å². The van der Waals surface area contributed by atoms with E-state index in [9.17, 15) is 9.59 Å². The first kappa shape index (κ1) is 16.1. The molecule has 0 radical (unpaired) electrons. The summed E-state index contributed by atoms with van der Waals surface area (Å²) in [5.74, 6) is 0.460. The van der Waals surface area contributed by atoms with Gasteiger partial charge in [-0.25, -0.2) is 4.79 Å². The molecule has 0 aliphatic heterocycles. The van der Waals surface area contributed by atoms with Crippen LogP contribution in [0.2, 0.25) is 0 Å². The van der Waals surface area contributed by atoms with E-state index in [-0.39, 0.29) is 18.4 Å². The van der Waals surface area contributed by atoms with E-state index in [2.05, 4.69) is 5.32 Å². The first-order valence-electron chi connectivity index (χ1n) is 7.87. The van der Waals surface area contributed by atoms with Crippen molar-refractivity contribution in [2.24, 2.45) is 5.92 Å². The average Bonchev–Trinajstić information content (AvgIpc) is 3.45. The zero-order valence-corrected chi connectivity index (χ0v) is 13.5. The average molecular weight is 325 g/mol. The smallest absolute Gasteiger partial charge is 0.338 e. The van der Waals surface area contributed by atoms with Gasteiger partial charge in [-0.15, -0.1) is 0 Å². The van der Waals surface area contributed by atoms with Crippen molar-refractivity contribution in [2.75, 3.05) is 12.4 Å². The molecule has 1 fully saturated rings. The number of benzene rings is 2. The number of rotatable bonds is 6. The molecule has 0 aromatic heterocycles. The third kappa shape index (κ3) is 3.93. The quantitative estimate of drug-likeness (QED) is 0.827. The number of hydrogen-bond acceptors (Lipinski definition) is 4. The van der Waals surface area contributed by atoms with E-state index in [4.69, 9.17) is 9.47 Å². The van der Waals surface area contributed by atoms with Crippen LogP contribution >= 0.6 is 0 Å². The molecule has 0 bridgehead atoms. The Labute approximate surface area is 140 Å². The Balaban J connectivity index is 1.57. The van der Waals surface area contributed by atoms with Gasteiger partial charge < -0.3 is 14.8 Å². The van der Waals surface area contributed by atoms with Crippen LogP contribution in [0.5, 0.6) is 5.75 Å². The summed E-state index contributed by atoms with van der Waals surface area (Å²) in [6.45, 7) is 0.142. The summed E-state index contributed by atoms with van der Waals surface area (Å²) < 4.78 is 10.5. The molecule has 1 N–H and O–H groups in total. The van der Waals surface area contributed by atoms with Crippen molar-refractivity contribution >= 4 is 17.6 Å². The van der Waals surface area contributed by atoms with Crippen LogP contribution in [0.3, 0.4) is 0 Å². The minimum absolute atomic E-state index is 0.0431. The number of carbonyl (C=O) groups excluding carboxylic acids is 2. The number of carbonyl (C=O) groups is 2. The van der Waals surface area contributed by atoms with Gasteiger partial charge in [0.1, 0.15) is 12.4 Å². The van der Waals surface area contributed by atoms with Gasteiger partial charge >= 0.3 is 5.97 Å². The van der Waals surface area contributed by atoms with Gasteiger partial charge in [-0.1, -0.05) is 18.2 Å². The predicted molar refractivity (Wildman–Crippen MR) is 89.9 cm³/mol. The summed E-state index contributed by atoms with van der Waals surface area (Å²) >= 11 is 0. The number of hydrogen-bond donors (Lipinski definition) is 1. The minimum Gasteiger partial charge on any atom is -0.496 e. The molecule has 3 rings (SSSR count). The highest BCUT2D eigenvalue weighted by atomic mass is 16.5. The van der Waals surface area contributed by atoms with Gasteiger partial charge in [-0.3, -0.25) is 4.79 Å². The van der Waals surface area contributed by atoms with Crippen LogP contribution in [-0.2, 0) is 16.1 Å². The molecule has 124 valence electrons. The van der Waals surface area contributed by atoms with Crippen LogP contribution in [-0.4, -0.2) is 19.0 Å². The van der Waals surface area contributed by atoms with E-state index < -0.39 is 5.97 Å². The molecule has 24 heavy (non-hydrogen) atoms. The van der Waals surface area contributed by atoms with Crippen LogP contribution < -0.4 is 10.1 Å². The highest BCUT2D eigenvalue weighted by Crippen LogP contribution is 2.30. The number of amides is 1. The Morgan fingerprint density at radius 3 is 2.46 bits per heavy atom. The molecular formula is C19H19NO4. The van der Waals surface area contributed by atoms with Crippen LogP contribution in [0.25, 0.3) is 0 Å². The van der Waals surface area contributed by atoms with Crippen LogP contribution in [0.15, 0.2) is 48.5 Å². The predicted octanol–water partition coefficient (Wildman–Crippen LogP) is 3.40. The van der Waals surface area contributed by atoms with Gasteiger partial charge in [0.2, 0.25) is 5.91 Å². The molecule has 1 amide bonds. The molecule has 0 heterocycles. The molecule has 0 atom stereocenters. The number of nitrogens with one attached hydrogen (secondary N) is 1. The molecule has 1 saturated carbocycles. The maximum Gasteiger partial charge on any atom is 0.338 e. The lowest BCUT2D eigenvalue weighted by Crippen LogP contribution is -2.13. The molecule has 0 unspecified atom stereocenters. The van der Waals surface area contributed by atoms with Gasteiger partial charge in [0, 0.05) is 17.2 Å². The Morgan fingerprint density at radius 2 is 1.79 bits per heavy atom. The van der Waals surface area contributed by atoms with E-state index in [1.165, 1.54) is 0 Å². The summed E-state index contributed by atoms with van der Waals surface area (Å²) in [5.41, 5.74) is 1.93. The van der Waals surface area contributed by atoms with Crippen molar-refractivity contribution in [1.29, 1.82) is 0 Å². The normalized spacial score (nSPS) is 13.2. The van der Waals surface area contributed by atoms with Crippen molar-refractivity contribution in [2.45, 2.75) is 19.4 Å². The first-order valence-corrected chi connectivity index (χ1v) is 7.87. The molecule has 0 spiro atoms. The second-order valence-electron chi connectivity index (χ2n) is 5.73. The number of ether oxygens (including phenoxy) is 2. The van der Waals surface area contributed by atoms with Crippen LogP contribution in [0, 0.1) is 5.92 Å². The number of esters is 1. The lowest BCUT2D eigenvalue weighted by molar-refractivity contribution is -0.117. The molecule has 1 aliphatic carbocycles. The van der Waals surface area contributed by atoms with Gasteiger partial charge in [0.15, 0.2) is 0 Å². The highest BCUT2D eigenvalue weighted by molar-refractivity contribution is 5.95. The van der Waals surface area contributed by atoms with E-state index in [0.29, 0.717) is 17.0 Å². The number of para-hydroxylation sites is 1. The maximum atomic E-state index is 12.1. The first-order chi connectivity index (χ1) is 11.7. The summed E-state index contributed by atoms with van der Waals surface area (Å²) in [6.07, 6.45) is 1.92. The largest absolute Gasteiger partial charge is 0.496 e. The molecule has 0 saturated heterocycles. The zero-order valence-electron chi connectivity index (χ0n) is 13.5. The fraction of sp³-hybridized carbons (Fsp3) is 0.263. The summed E-state index contributed by atoms with van der Waals surface area (Å²) in [7, 11) is 1.58. The van der Waals surface area contributed by atoms with E-state index in [1.54, 1.807) is 31.4 Å². The Hall–Kier alpha value is -2.82. The van der Waals surface area contributed by atoms with E-state index in [0.717, 1.165) is 18.4 Å². The fourth-order valence-electron chi connectivity index (χ4n) is 2.33. The third-order valence-electron chi connectivity index (χ3n) is 3.89. The Kier molecular flexibility index (Phi) is 4.79. The highest BCUT2D eigenvalue weighted by Gasteiger charge is 2.29. The third-order valence-corrected chi connectivity index (χ3v) is 3.89. The number of methoxy groups -OCH3 is 1. The fourth-order valence-corrected chi connectivity index (χ4v) is 2.33. The summed E-state index contributed by atoms with van der Waals surface area (Å²) in [5, 5.41) is 2.84. The minimum atomic E-state index is -0.416. The van der Waals surface area contributed by atoms with Crippen molar-refractivity contribution in [1.82, 2.24) is 0 Å². The topological polar surface area (TPSA) is 64.6 Å². The van der Waals surface area contributed by atoms with Gasteiger partial charge in [-0.05, 0) is 43.2 Å². The van der Waals surface area contributed by atoms with Crippen molar-refractivity contribution in [3.8, 4) is 5.75 Å². The molecule has 2 aromatic rings. The van der Waals surface area contributed by atoms with E-state index in [1.807, 2.05) is 24.3 Å². The Morgan fingerprint density at radius 1 is 1.08 bits per heavy atom. The van der Waals surface area contributed by atoms with Crippen LogP contribution in [0.1, 0.15) is 28.8 Å². The molecule has 5 heteroatoms. The summed E-state index contributed by atoms with van der Waals surface area (Å²) in [4.78, 5) is 23.8. The van der Waals surface area contributed by atoms with Gasteiger partial charge in [-0.2, -0.15) is 0 Å². The molecular weight excluding hydrogens is 306 g/mol. The number of anilines is 1. The second-order valence-corrected chi connectivity index (χ2v) is 5.73. The molecule has 1 aliphatic rings. The van der Waals surface area contributed by atoms with Gasteiger partial charge in [0.25, 0.3) is 0 Å². The van der Waals surface area contributed by atoms with Crippen molar-refractivity contribution < 1.29 is 19.1 Å². The van der Waals surface area contributed by atoms with Crippen LogP contribution in [0.4, 0.5) is 5.69 Å². The van der Waals surface area contributed by atoms with Crippen molar-refractivity contribution in [3.05, 3.63) is 59.7 Å². The SMILES string of the molecule is COc1ccccc1COC(=O)c1ccc(NC(=O)C2CC2)cc1. The monoisotopic (exact) mass is 325 g/mol. The maximum absolute atomic E-state index is 12.1. The lowest BCUT2D eigenvalue weighted by atomic mass is 10.2. The summed E-state index contributed by atoms with van der Waals surface area (Å²) in [6, 6.07) is 14.1. The molecule has 5 nitrogen and oxygen atoms in total. The lowest BCUT2D eigenvalue weighted by Gasteiger charge is -2.09. The Bertz CT molecular complexity index is 735.